The van der Waals surface area contributed by atoms with Crippen LogP contribution in [0, 0.1) is 11.3 Å². The Morgan fingerprint density at radius 2 is 2.41 bits per heavy atom. The third kappa shape index (κ3) is 2.28. The van der Waals surface area contributed by atoms with Gasteiger partial charge in [0.05, 0.1) is 5.56 Å². The Hall–Kier alpha value is -1.89. The normalized spacial score (nSPS) is 19.8. The van der Waals surface area contributed by atoms with Gasteiger partial charge in [-0.1, -0.05) is 0 Å². The summed E-state index contributed by atoms with van der Waals surface area (Å²) >= 11 is 0. The van der Waals surface area contributed by atoms with E-state index >= 15 is 0 Å². The minimum atomic E-state index is -0.116. The van der Waals surface area contributed by atoms with E-state index in [1.54, 1.807) is 18.3 Å². The van der Waals surface area contributed by atoms with Crippen molar-refractivity contribution < 1.29 is 4.79 Å². The molecule has 0 spiro atoms. The molecule has 0 aromatic carbocycles. The van der Waals surface area contributed by atoms with Crippen molar-refractivity contribution in [2.45, 2.75) is 32.2 Å². The number of likely N-dealkylation sites (tertiary alicyclic amines) is 1. The highest BCUT2D eigenvalue weighted by atomic mass is 16.2. The Labute approximate surface area is 101 Å². The number of carbonyl (C=O) groups is 1. The Morgan fingerprint density at radius 3 is 3.12 bits per heavy atom. The van der Waals surface area contributed by atoms with Gasteiger partial charge < -0.3 is 4.90 Å². The summed E-state index contributed by atoms with van der Waals surface area (Å²) in [5, 5.41) is 8.97. The number of nitriles is 1. The van der Waals surface area contributed by atoms with Gasteiger partial charge in [-0.3, -0.25) is 4.79 Å². The molecule has 17 heavy (non-hydrogen) atoms. The van der Waals surface area contributed by atoms with Crippen LogP contribution >= 0.6 is 0 Å². The molecule has 0 bridgehead atoms. The van der Waals surface area contributed by atoms with Crippen LogP contribution in [0.5, 0.6) is 0 Å². The van der Waals surface area contributed by atoms with Crippen molar-refractivity contribution in [3.05, 3.63) is 29.6 Å². The van der Waals surface area contributed by atoms with Crippen LogP contribution < -0.4 is 0 Å². The van der Waals surface area contributed by atoms with Crippen LogP contribution in [0.3, 0.4) is 0 Å². The highest BCUT2D eigenvalue weighted by molar-refractivity contribution is 5.94. The van der Waals surface area contributed by atoms with Gasteiger partial charge >= 0.3 is 0 Å². The number of amides is 1. The molecular formula is C13H15N3O. The molecule has 4 nitrogen and oxygen atoms in total. The van der Waals surface area contributed by atoms with Crippen LogP contribution in [0.4, 0.5) is 0 Å². The van der Waals surface area contributed by atoms with Gasteiger partial charge in [0.1, 0.15) is 11.8 Å². The second kappa shape index (κ2) is 4.96. The van der Waals surface area contributed by atoms with Gasteiger partial charge in [-0.25, -0.2) is 4.98 Å². The number of carbonyl (C=O) groups excluding carboxylic acids is 1. The lowest BCUT2D eigenvalue weighted by atomic mass is 10.0. The lowest BCUT2D eigenvalue weighted by Crippen LogP contribution is -2.42. The summed E-state index contributed by atoms with van der Waals surface area (Å²) in [5.74, 6) is -0.116. The van der Waals surface area contributed by atoms with Gasteiger partial charge in [0, 0.05) is 18.8 Å². The van der Waals surface area contributed by atoms with Crippen molar-refractivity contribution in [2.24, 2.45) is 0 Å². The number of hydrogen-bond acceptors (Lipinski definition) is 3. The van der Waals surface area contributed by atoms with Crippen molar-refractivity contribution in [2.75, 3.05) is 6.54 Å². The molecule has 0 N–H and O–H groups in total. The molecule has 1 aliphatic heterocycles. The van der Waals surface area contributed by atoms with Crippen molar-refractivity contribution in [1.29, 1.82) is 5.26 Å². The van der Waals surface area contributed by atoms with E-state index in [2.05, 4.69) is 4.98 Å². The topological polar surface area (TPSA) is 57.0 Å². The van der Waals surface area contributed by atoms with Gasteiger partial charge in [0.25, 0.3) is 5.91 Å². The monoisotopic (exact) mass is 229 g/mol. The predicted octanol–water partition coefficient (Wildman–Crippen LogP) is 1.97. The molecule has 4 heteroatoms. The SMILES string of the molecule is C[C@H]1CCCCN1C(=O)c1ncccc1C#N. The average Bonchev–Trinajstić information content (AvgIpc) is 2.38. The standard InChI is InChI=1S/C13H15N3O/c1-10-5-2-3-8-16(10)13(17)12-11(9-14)6-4-7-15-12/h4,6-7,10H,2-3,5,8H2,1H3/t10-/m0/s1. The van der Waals surface area contributed by atoms with Crippen LogP contribution in [0.15, 0.2) is 18.3 Å². The Bertz CT molecular complexity index is 464. The zero-order chi connectivity index (χ0) is 12.3. The number of hydrogen-bond donors (Lipinski definition) is 0. The van der Waals surface area contributed by atoms with E-state index in [4.69, 9.17) is 5.26 Å². The van der Waals surface area contributed by atoms with E-state index in [9.17, 15) is 4.79 Å². The van der Waals surface area contributed by atoms with Gasteiger partial charge in [-0.05, 0) is 38.3 Å². The molecule has 0 unspecified atom stereocenters. The van der Waals surface area contributed by atoms with E-state index in [1.807, 2.05) is 17.9 Å². The minimum absolute atomic E-state index is 0.116. The number of pyridine rings is 1. The maximum atomic E-state index is 12.3. The third-order valence-electron chi connectivity index (χ3n) is 3.19. The largest absolute Gasteiger partial charge is 0.335 e. The molecule has 1 saturated heterocycles. The molecular weight excluding hydrogens is 214 g/mol. The fraction of sp³-hybridized carbons (Fsp3) is 0.462. The molecule has 1 amide bonds. The Morgan fingerprint density at radius 1 is 1.59 bits per heavy atom. The van der Waals surface area contributed by atoms with E-state index in [0.29, 0.717) is 5.56 Å². The summed E-state index contributed by atoms with van der Waals surface area (Å²) in [6, 6.07) is 5.57. The molecule has 1 atom stereocenters. The first kappa shape index (κ1) is 11.6. The summed E-state index contributed by atoms with van der Waals surface area (Å²) < 4.78 is 0. The molecule has 0 aliphatic carbocycles. The maximum absolute atomic E-state index is 12.3. The zero-order valence-electron chi connectivity index (χ0n) is 9.89. The molecule has 88 valence electrons. The molecule has 1 aromatic rings. The first-order chi connectivity index (χ1) is 8.24. The molecule has 2 rings (SSSR count). The van der Waals surface area contributed by atoms with Gasteiger partial charge in [-0.15, -0.1) is 0 Å². The highest BCUT2D eigenvalue weighted by Crippen LogP contribution is 2.19. The lowest BCUT2D eigenvalue weighted by Gasteiger charge is -2.33. The average molecular weight is 229 g/mol. The minimum Gasteiger partial charge on any atom is -0.335 e. The molecule has 1 aliphatic rings. The fourth-order valence-corrected chi connectivity index (χ4v) is 2.20. The highest BCUT2D eigenvalue weighted by Gasteiger charge is 2.26. The van der Waals surface area contributed by atoms with Crippen molar-refractivity contribution in [1.82, 2.24) is 9.88 Å². The third-order valence-corrected chi connectivity index (χ3v) is 3.19. The van der Waals surface area contributed by atoms with Crippen molar-refractivity contribution >= 4 is 5.91 Å². The fourth-order valence-electron chi connectivity index (χ4n) is 2.20. The summed E-state index contributed by atoms with van der Waals surface area (Å²) in [7, 11) is 0. The van der Waals surface area contributed by atoms with Crippen LogP contribution in [0.25, 0.3) is 0 Å². The molecule has 2 heterocycles. The summed E-state index contributed by atoms with van der Waals surface area (Å²) in [5.41, 5.74) is 0.638. The van der Waals surface area contributed by atoms with E-state index in [-0.39, 0.29) is 17.6 Å². The summed E-state index contributed by atoms with van der Waals surface area (Å²) in [4.78, 5) is 18.2. The van der Waals surface area contributed by atoms with Crippen molar-refractivity contribution in [3.8, 4) is 6.07 Å². The number of nitrogens with zero attached hydrogens (tertiary/aromatic N) is 3. The maximum Gasteiger partial charge on any atom is 0.274 e. The van der Waals surface area contributed by atoms with Gasteiger partial charge in [0.15, 0.2) is 0 Å². The molecule has 0 saturated carbocycles. The first-order valence-electron chi connectivity index (χ1n) is 5.90. The van der Waals surface area contributed by atoms with Gasteiger partial charge in [0.2, 0.25) is 0 Å². The van der Waals surface area contributed by atoms with Crippen LogP contribution in [-0.4, -0.2) is 28.4 Å². The Balaban J connectivity index is 2.27. The van der Waals surface area contributed by atoms with Crippen LogP contribution in [-0.2, 0) is 0 Å². The van der Waals surface area contributed by atoms with Crippen molar-refractivity contribution in [3.63, 3.8) is 0 Å². The summed E-state index contributed by atoms with van der Waals surface area (Å²) in [6.45, 7) is 2.81. The Kier molecular flexibility index (Phi) is 3.38. The van der Waals surface area contributed by atoms with Crippen LogP contribution in [0.2, 0.25) is 0 Å². The second-order valence-electron chi connectivity index (χ2n) is 4.35. The summed E-state index contributed by atoms with van der Waals surface area (Å²) in [6.07, 6.45) is 4.78. The zero-order valence-corrected chi connectivity index (χ0v) is 9.89. The second-order valence-corrected chi connectivity index (χ2v) is 4.35. The predicted molar refractivity (Wildman–Crippen MR) is 63.3 cm³/mol. The van der Waals surface area contributed by atoms with Gasteiger partial charge in [-0.2, -0.15) is 5.26 Å². The molecule has 0 radical (unpaired) electrons. The number of rotatable bonds is 1. The van der Waals surface area contributed by atoms with E-state index < -0.39 is 0 Å². The molecule has 1 fully saturated rings. The quantitative estimate of drug-likeness (QED) is 0.739. The smallest absolute Gasteiger partial charge is 0.274 e. The molecule has 1 aromatic heterocycles. The van der Waals surface area contributed by atoms with E-state index in [1.165, 1.54) is 0 Å². The van der Waals surface area contributed by atoms with E-state index in [0.717, 1.165) is 25.8 Å². The van der Waals surface area contributed by atoms with Crippen LogP contribution in [0.1, 0.15) is 42.2 Å². The lowest BCUT2D eigenvalue weighted by molar-refractivity contribution is 0.0629. The number of piperidine rings is 1. The first-order valence-corrected chi connectivity index (χ1v) is 5.90. The number of aromatic nitrogens is 1.